The van der Waals surface area contributed by atoms with E-state index in [4.69, 9.17) is 9.84 Å². The Hall–Kier alpha value is -1.10. The molecule has 0 bridgehead atoms. The minimum Gasteiger partial charge on any atom is -0.478 e. The Morgan fingerprint density at radius 3 is 3.00 bits per heavy atom. The number of aromatic carboxylic acids is 1. The molecular formula is C11H17N3O5S2. The smallest absolute Gasteiger partial charge is 0.340 e. The first kappa shape index (κ1) is 16.3. The summed E-state index contributed by atoms with van der Waals surface area (Å²) in [5.41, 5.74) is -0.344. The zero-order valence-electron chi connectivity index (χ0n) is 11.5. The van der Waals surface area contributed by atoms with Crippen LogP contribution in [0, 0.1) is 0 Å². The molecule has 1 unspecified atom stereocenters. The molecule has 0 radical (unpaired) electrons. The summed E-state index contributed by atoms with van der Waals surface area (Å²) in [6, 6.07) is -0.153. The van der Waals surface area contributed by atoms with Crippen molar-refractivity contribution in [3.05, 3.63) is 11.8 Å². The SMILES string of the molecule is COCCN(C1CCSC1)S(=O)(=O)c1[nH]ncc1C(=O)O. The standard InChI is InChI=1S/C11H17N3O5S2/c1-19-4-3-14(8-2-5-20-7-8)21(17,18)10-9(11(15)16)6-12-13-10/h6,8H,2-5,7H2,1H3,(H,12,13)(H,15,16). The number of carboxylic acids is 1. The van der Waals surface area contributed by atoms with Gasteiger partial charge in [-0.25, -0.2) is 13.2 Å². The summed E-state index contributed by atoms with van der Waals surface area (Å²) < 4.78 is 31.8. The van der Waals surface area contributed by atoms with Crippen molar-refractivity contribution in [2.75, 3.05) is 31.8 Å². The second-order valence-electron chi connectivity index (χ2n) is 4.54. The van der Waals surface area contributed by atoms with Gasteiger partial charge in [0.25, 0.3) is 10.0 Å². The molecule has 21 heavy (non-hydrogen) atoms. The maximum atomic E-state index is 12.7. The fourth-order valence-electron chi connectivity index (χ4n) is 2.17. The van der Waals surface area contributed by atoms with Crippen molar-refractivity contribution in [2.24, 2.45) is 0 Å². The van der Waals surface area contributed by atoms with E-state index in [9.17, 15) is 13.2 Å². The van der Waals surface area contributed by atoms with Crippen molar-refractivity contribution in [3.63, 3.8) is 0 Å². The Bertz CT molecular complexity index is 595. The summed E-state index contributed by atoms with van der Waals surface area (Å²) in [4.78, 5) is 11.1. The third-order valence-electron chi connectivity index (χ3n) is 3.23. The summed E-state index contributed by atoms with van der Waals surface area (Å²) in [5.74, 6) is 0.257. The average molecular weight is 335 g/mol. The highest BCUT2D eigenvalue weighted by Crippen LogP contribution is 2.27. The quantitative estimate of drug-likeness (QED) is 0.734. The molecule has 1 aliphatic heterocycles. The molecule has 1 aromatic heterocycles. The minimum absolute atomic E-state index is 0.153. The van der Waals surface area contributed by atoms with Crippen LogP contribution in [0.3, 0.4) is 0 Å². The number of ether oxygens (including phenoxy) is 1. The van der Waals surface area contributed by atoms with E-state index in [1.165, 1.54) is 11.4 Å². The average Bonchev–Trinajstić information content (AvgIpc) is 3.10. The van der Waals surface area contributed by atoms with E-state index in [-0.39, 0.29) is 29.8 Å². The van der Waals surface area contributed by atoms with Gasteiger partial charge in [-0.05, 0) is 12.2 Å². The molecule has 1 aliphatic rings. The van der Waals surface area contributed by atoms with Crippen molar-refractivity contribution in [1.29, 1.82) is 0 Å². The maximum absolute atomic E-state index is 12.7. The Labute approximate surface area is 126 Å². The maximum Gasteiger partial charge on any atom is 0.340 e. The van der Waals surface area contributed by atoms with Crippen LogP contribution in [0.4, 0.5) is 0 Å². The monoisotopic (exact) mass is 335 g/mol. The summed E-state index contributed by atoms with van der Waals surface area (Å²) in [5, 5.41) is 14.5. The summed E-state index contributed by atoms with van der Waals surface area (Å²) in [7, 11) is -2.45. The van der Waals surface area contributed by atoms with Gasteiger partial charge in [0.1, 0.15) is 5.56 Å². The van der Waals surface area contributed by atoms with Gasteiger partial charge in [0.15, 0.2) is 5.03 Å². The topological polar surface area (TPSA) is 113 Å². The van der Waals surface area contributed by atoms with E-state index in [0.29, 0.717) is 5.75 Å². The highest BCUT2D eigenvalue weighted by atomic mass is 32.2. The molecule has 8 nitrogen and oxygen atoms in total. The lowest BCUT2D eigenvalue weighted by molar-refractivity contribution is 0.0692. The van der Waals surface area contributed by atoms with Crippen molar-refractivity contribution < 1.29 is 23.1 Å². The number of thioether (sulfide) groups is 1. The highest BCUT2D eigenvalue weighted by Gasteiger charge is 2.36. The summed E-state index contributed by atoms with van der Waals surface area (Å²) in [6.07, 6.45) is 1.75. The number of aromatic amines is 1. The first-order valence-electron chi connectivity index (χ1n) is 6.33. The van der Waals surface area contributed by atoms with Gasteiger partial charge >= 0.3 is 5.97 Å². The summed E-state index contributed by atoms with van der Waals surface area (Å²) in [6.45, 7) is 0.430. The molecule has 0 amide bonds. The largest absolute Gasteiger partial charge is 0.478 e. The van der Waals surface area contributed by atoms with E-state index < -0.39 is 16.0 Å². The zero-order valence-corrected chi connectivity index (χ0v) is 13.1. The Morgan fingerprint density at radius 2 is 2.43 bits per heavy atom. The number of rotatable bonds is 7. The van der Waals surface area contributed by atoms with Crippen LogP contribution >= 0.6 is 11.8 Å². The molecule has 2 heterocycles. The first-order valence-corrected chi connectivity index (χ1v) is 8.93. The molecule has 0 saturated carbocycles. The van der Waals surface area contributed by atoms with E-state index >= 15 is 0 Å². The number of H-pyrrole nitrogens is 1. The van der Waals surface area contributed by atoms with E-state index in [0.717, 1.165) is 18.4 Å². The van der Waals surface area contributed by atoms with Crippen LogP contribution in [0.5, 0.6) is 0 Å². The number of nitrogens with one attached hydrogen (secondary N) is 1. The van der Waals surface area contributed by atoms with Crippen LogP contribution in [0.1, 0.15) is 16.8 Å². The molecule has 0 aromatic carbocycles. The Morgan fingerprint density at radius 1 is 1.67 bits per heavy atom. The number of carboxylic acid groups (broad SMARTS) is 1. The Balaban J connectivity index is 2.36. The highest BCUT2D eigenvalue weighted by molar-refractivity contribution is 7.99. The predicted molar refractivity (Wildman–Crippen MR) is 77.0 cm³/mol. The fraction of sp³-hybridized carbons (Fsp3) is 0.636. The van der Waals surface area contributed by atoms with Gasteiger partial charge in [-0.2, -0.15) is 21.2 Å². The number of sulfonamides is 1. The molecule has 0 spiro atoms. The molecule has 1 atom stereocenters. The second-order valence-corrected chi connectivity index (χ2v) is 7.52. The van der Waals surface area contributed by atoms with E-state index in [1.807, 2.05) is 0 Å². The molecule has 0 aliphatic carbocycles. The number of carbonyl (C=O) groups is 1. The molecule has 2 N–H and O–H groups in total. The molecule has 1 saturated heterocycles. The summed E-state index contributed by atoms with van der Waals surface area (Å²) >= 11 is 1.68. The first-order chi connectivity index (χ1) is 9.98. The lowest BCUT2D eigenvalue weighted by Gasteiger charge is -2.26. The fourth-order valence-corrected chi connectivity index (χ4v) is 5.20. The van der Waals surface area contributed by atoms with Gasteiger partial charge in [-0.1, -0.05) is 0 Å². The van der Waals surface area contributed by atoms with Crippen LogP contribution in [-0.2, 0) is 14.8 Å². The number of hydrogen-bond acceptors (Lipinski definition) is 6. The third kappa shape index (κ3) is 3.39. The predicted octanol–water partition coefficient (Wildman–Crippen LogP) is 0.251. The molecule has 2 rings (SSSR count). The van der Waals surface area contributed by atoms with E-state index in [1.54, 1.807) is 11.8 Å². The van der Waals surface area contributed by atoms with Crippen LogP contribution in [0.25, 0.3) is 0 Å². The van der Waals surface area contributed by atoms with Crippen molar-refractivity contribution in [2.45, 2.75) is 17.5 Å². The molecule has 118 valence electrons. The van der Waals surface area contributed by atoms with Gasteiger partial charge in [0.05, 0.1) is 12.8 Å². The number of hydrogen-bond donors (Lipinski definition) is 2. The van der Waals surface area contributed by atoms with Gasteiger partial charge < -0.3 is 9.84 Å². The Kier molecular flexibility index (Phi) is 5.25. The van der Waals surface area contributed by atoms with Crippen LogP contribution in [0.15, 0.2) is 11.2 Å². The van der Waals surface area contributed by atoms with Gasteiger partial charge in [0, 0.05) is 25.4 Å². The number of nitrogens with zero attached hydrogens (tertiary/aromatic N) is 2. The molecular weight excluding hydrogens is 318 g/mol. The zero-order chi connectivity index (χ0) is 15.5. The van der Waals surface area contributed by atoms with Crippen molar-refractivity contribution in [1.82, 2.24) is 14.5 Å². The number of methoxy groups -OCH3 is 1. The third-order valence-corrected chi connectivity index (χ3v) is 6.30. The number of aromatic nitrogens is 2. The van der Waals surface area contributed by atoms with Gasteiger partial charge in [0.2, 0.25) is 0 Å². The molecule has 10 heteroatoms. The molecule has 1 aromatic rings. The minimum atomic E-state index is -3.95. The van der Waals surface area contributed by atoms with Gasteiger partial charge in [-0.3, -0.25) is 5.10 Å². The van der Waals surface area contributed by atoms with Crippen molar-refractivity contribution >= 4 is 27.8 Å². The second kappa shape index (κ2) is 6.77. The van der Waals surface area contributed by atoms with Crippen LogP contribution in [0.2, 0.25) is 0 Å². The van der Waals surface area contributed by atoms with Crippen molar-refractivity contribution in [3.8, 4) is 0 Å². The lowest BCUT2D eigenvalue weighted by atomic mass is 10.3. The molecule has 1 fully saturated rings. The van der Waals surface area contributed by atoms with Crippen LogP contribution < -0.4 is 0 Å². The van der Waals surface area contributed by atoms with Gasteiger partial charge in [-0.15, -0.1) is 0 Å². The lowest BCUT2D eigenvalue weighted by Crippen LogP contribution is -2.42. The normalized spacial score (nSPS) is 19.2. The van der Waals surface area contributed by atoms with Crippen LogP contribution in [-0.4, -0.2) is 71.8 Å². The van der Waals surface area contributed by atoms with E-state index in [2.05, 4.69) is 10.2 Å².